The molecule has 1 amide bonds. The highest BCUT2D eigenvalue weighted by molar-refractivity contribution is 6.02. The summed E-state index contributed by atoms with van der Waals surface area (Å²) < 4.78 is 6.93. The fourth-order valence-corrected chi connectivity index (χ4v) is 2.25. The van der Waals surface area contributed by atoms with Crippen LogP contribution in [0.2, 0.25) is 0 Å². The molecule has 0 saturated heterocycles. The van der Waals surface area contributed by atoms with E-state index in [1.807, 2.05) is 6.92 Å². The lowest BCUT2D eigenvalue weighted by molar-refractivity contribution is 0.101. The lowest BCUT2D eigenvalue weighted by Gasteiger charge is -2.05. The van der Waals surface area contributed by atoms with Gasteiger partial charge in [-0.25, -0.2) is 15.0 Å². The summed E-state index contributed by atoms with van der Waals surface area (Å²) in [5.41, 5.74) is 0.758. The van der Waals surface area contributed by atoms with E-state index < -0.39 is 0 Å². The largest absolute Gasteiger partial charge is 0.360 e. The molecule has 0 aliphatic heterocycles. The third kappa shape index (κ3) is 2.70. The zero-order valence-corrected chi connectivity index (χ0v) is 12.4. The second kappa shape index (κ2) is 5.31. The van der Waals surface area contributed by atoms with Gasteiger partial charge in [-0.2, -0.15) is 0 Å². The molecule has 116 valence electrons. The molecule has 1 aliphatic carbocycles. The van der Waals surface area contributed by atoms with E-state index in [9.17, 15) is 4.79 Å². The second-order valence-corrected chi connectivity index (χ2v) is 5.46. The molecule has 8 heteroatoms. The van der Waals surface area contributed by atoms with Crippen LogP contribution in [0.5, 0.6) is 0 Å². The quantitative estimate of drug-likeness (QED) is 0.792. The maximum absolute atomic E-state index is 12.1. The van der Waals surface area contributed by atoms with E-state index >= 15 is 0 Å². The Labute approximate surface area is 131 Å². The molecular formula is C15H14N6O2. The van der Waals surface area contributed by atoms with Crippen molar-refractivity contribution in [3.63, 3.8) is 0 Å². The number of anilines is 1. The smallest absolute Gasteiger partial charge is 0.277 e. The van der Waals surface area contributed by atoms with Crippen molar-refractivity contribution in [3.05, 3.63) is 48.1 Å². The third-order valence-corrected chi connectivity index (χ3v) is 3.68. The van der Waals surface area contributed by atoms with Gasteiger partial charge in [-0.1, -0.05) is 5.16 Å². The molecule has 1 N–H and O–H groups in total. The number of hydrogen-bond donors (Lipinski definition) is 1. The molecule has 0 bridgehead atoms. The molecule has 3 aromatic rings. The number of amides is 1. The molecule has 3 heterocycles. The molecule has 4 rings (SSSR count). The Hall–Kier alpha value is -3.03. The Morgan fingerprint density at radius 2 is 2.09 bits per heavy atom. The number of aryl methyl sites for hydroxylation is 1. The minimum atomic E-state index is -0.337. The molecule has 1 aliphatic rings. The second-order valence-electron chi connectivity index (χ2n) is 5.46. The van der Waals surface area contributed by atoms with E-state index in [2.05, 4.69) is 25.4 Å². The van der Waals surface area contributed by atoms with Crippen LogP contribution in [-0.4, -0.2) is 30.6 Å². The van der Waals surface area contributed by atoms with Gasteiger partial charge in [0.25, 0.3) is 5.91 Å². The van der Waals surface area contributed by atoms with E-state index in [0.717, 1.165) is 24.4 Å². The first-order valence-electron chi connectivity index (χ1n) is 7.31. The molecule has 0 atom stereocenters. The average Bonchev–Trinajstić information content (AvgIpc) is 3.12. The Morgan fingerprint density at radius 3 is 2.74 bits per heavy atom. The van der Waals surface area contributed by atoms with Crippen molar-refractivity contribution in [1.82, 2.24) is 24.7 Å². The summed E-state index contributed by atoms with van der Waals surface area (Å²) in [4.78, 5) is 24.7. The first kappa shape index (κ1) is 13.6. The molecule has 1 fully saturated rings. The van der Waals surface area contributed by atoms with E-state index in [1.165, 1.54) is 0 Å². The van der Waals surface area contributed by atoms with E-state index in [1.54, 1.807) is 35.4 Å². The van der Waals surface area contributed by atoms with E-state index in [4.69, 9.17) is 4.52 Å². The number of hydrogen-bond acceptors (Lipinski definition) is 6. The summed E-state index contributed by atoms with van der Waals surface area (Å²) in [7, 11) is 0. The van der Waals surface area contributed by atoms with Crippen LogP contribution in [-0.2, 0) is 0 Å². The topological polar surface area (TPSA) is 98.7 Å². The molecule has 0 spiro atoms. The molecule has 8 nitrogen and oxygen atoms in total. The predicted molar refractivity (Wildman–Crippen MR) is 80.3 cm³/mol. The normalized spacial score (nSPS) is 14.0. The first-order valence-corrected chi connectivity index (χ1v) is 7.31. The lowest BCUT2D eigenvalue weighted by Crippen LogP contribution is -2.13. The lowest BCUT2D eigenvalue weighted by atomic mass is 10.3. The summed E-state index contributed by atoms with van der Waals surface area (Å²) in [6.07, 6.45) is 8.73. The van der Waals surface area contributed by atoms with Gasteiger partial charge in [0.2, 0.25) is 5.95 Å². The Balaban J connectivity index is 1.47. The van der Waals surface area contributed by atoms with Crippen LogP contribution in [0.1, 0.15) is 40.8 Å². The van der Waals surface area contributed by atoms with Crippen molar-refractivity contribution in [2.75, 3.05) is 5.32 Å². The minimum absolute atomic E-state index is 0.265. The molecule has 3 aromatic heterocycles. The van der Waals surface area contributed by atoms with Gasteiger partial charge in [0, 0.05) is 24.4 Å². The maximum atomic E-state index is 12.1. The van der Waals surface area contributed by atoms with Gasteiger partial charge in [0.05, 0.1) is 18.1 Å². The number of imidazole rings is 1. The van der Waals surface area contributed by atoms with Crippen molar-refractivity contribution in [2.45, 2.75) is 25.7 Å². The van der Waals surface area contributed by atoms with Gasteiger partial charge in [0.1, 0.15) is 11.6 Å². The summed E-state index contributed by atoms with van der Waals surface area (Å²) in [5.74, 6) is 2.14. The highest BCUT2D eigenvalue weighted by Crippen LogP contribution is 2.40. The minimum Gasteiger partial charge on any atom is -0.360 e. The SMILES string of the molecule is Cc1nccn1-c1ncc(NC(=O)c2cc(C3CC3)on2)cn1. The van der Waals surface area contributed by atoms with Gasteiger partial charge in [0.15, 0.2) is 5.69 Å². The zero-order valence-electron chi connectivity index (χ0n) is 12.4. The van der Waals surface area contributed by atoms with Crippen molar-refractivity contribution < 1.29 is 9.32 Å². The number of nitrogens with one attached hydrogen (secondary N) is 1. The Morgan fingerprint density at radius 1 is 1.30 bits per heavy atom. The van der Waals surface area contributed by atoms with Crippen molar-refractivity contribution in [3.8, 4) is 5.95 Å². The zero-order chi connectivity index (χ0) is 15.8. The summed E-state index contributed by atoms with van der Waals surface area (Å²) in [5, 5.41) is 6.51. The van der Waals surface area contributed by atoms with Gasteiger partial charge in [-0.15, -0.1) is 0 Å². The number of aromatic nitrogens is 5. The van der Waals surface area contributed by atoms with Crippen molar-refractivity contribution >= 4 is 11.6 Å². The molecule has 0 unspecified atom stereocenters. The fourth-order valence-electron chi connectivity index (χ4n) is 2.25. The van der Waals surface area contributed by atoms with Gasteiger partial charge in [-0.3, -0.25) is 9.36 Å². The van der Waals surface area contributed by atoms with Gasteiger partial charge in [-0.05, 0) is 19.8 Å². The van der Waals surface area contributed by atoms with E-state index in [0.29, 0.717) is 17.6 Å². The standard InChI is InChI=1S/C15H14N6O2/c1-9-16-4-5-21(9)15-17-7-11(8-18-15)19-14(22)12-6-13(23-20-12)10-2-3-10/h4-8,10H,2-3H2,1H3,(H,19,22). The summed E-state index contributed by atoms with van der Waals surface area (Å²) in [6.45, 7) is 1.86. The highest BCUT2D eigenvalue weighted by Gasteiger charge is 2.28. The van der Waals surface area contributed by atoms with Crippen LogP contribution < -0.4 is 5.32 Å². The van der Waals surface area contributed by atoms with Crippen LogP contribution in [0.15, 0.2) is 35.4 Å². The molecule has 0 radical (unpaired) electrons. The monoisotopic (exact) mass is 310 g/mol. The van der Waals surface area contributed by atoms with Crippen LogP contribution in [0, 0.1) is 6.92 Å². The highest BCUT2D eigenvalue weighted by atomic mass is 16.5. The van der Waals surface area contributed by atoms with Gasteiger partial charge < -0.3 is 9.84 Å². The molecule has 0 aromatic carbocycles. The molecular weight excluding hydrogens is 296 g/mol. The number of nitrogens with zero attached hydrogens (tertiary/aromatic N) is 5. The number of carbonyl (C=O) groups is 1. The van der Waals surface area contributed by atoms with Crippen LogP contribution >= 0.6 is 0 Å². The van der Waals surface area contributed by atoms with Crippen molar-refractivity contribution in [1.29, 1.82) is 0 Å². The number of carbonyl (C=O) groups excluding carboxylic acids is 1. The van der Waals surface area contributed by atoms with Crippen LogP contribution in [0.4, 0.5) is 5.69 Å². The number of rotatable bonds is 4. The Kier molecular flexibility index (Phi) is 3.14. The first-order chi connectivity index (χ1) is 11.2. The van der Waals surface area contributed by atoms with Crippen LogP contribution in [0.3, 0.4) is 0 Å². The Bertz CT molecular complexity index is 847. The van der Waals surface area contributed by atoms with Crippen LogP contribution in [0.25, 0.3) is 5.95 Å². The predicted octanol–water partition coefficient (Wildman–Crippen LogP) is 2.09. The van der Waals surface area contributed by atoms with Gasteiger partial charge >= 0.3 is 0 Å². The summed E-state index contributed by atoms with van der Waals surface area (Å²) in [6, 6.07) is 1.69. The van der Waals surface area contributed by atoms with E-state index in [-0.39, 0.29) is 11.6 Å². The fraction of sp³-hybridized carbons (Fsp3) is 0.267. The molecule has 1 saturated carbocycles. The average molecular weight is 310 g/mol. The third-order valence-electron chi connectivity index (χ3n) is 3.68. The molecule has 23 heavy (non-hydrogen) atoms. The maximum Gasteiger partial charge on any atom is 0.277 e. The van der Waals surface area contributed by atoms with Crippen molar-refractivity contribution in [2.24, 2.45) is 0 Å². The summed E-state index contributed by atoms with van der Waals surface area (Å²) >= 11 is 0.